The van der Waals surface area contributed by atoms with Crippen molar-refractivity contribution in [3.63, 3.8) is 0 Å². The highest BCUT2D eigenvalue weighted by Crippen LogP contribution is 2.29. The summed E-state index contributed by atoms with van der Waals surface area (Å²) < 4.78 is 5.35. The van der Waals surface area contributed by atoms with Crippen LogP contribution in [0.3, 0.4) is 0 Å². The Balaban J connectivity index is 2.38. The van der Waals surface area contributed by atoms with Crippen molar-refractivity contribution in [3.8, 4) is 5.75 Å². The summed E-state index contributed by atoms with van der Waals surface area (Å²) in [6.07, 6.45) is 2.21. The van der Waals surface area contributed by atoms with Gasteiger partial charge in [0.05, 0.1) is 12.7 Å². The van der Waals surface area contributed by atoms with Gasteiger partial charge in [0, 0.05) is 13.1 Å². The fourth-order valence-corrected chi connectivity index (χ4v) is 2.43. The van der Waals surface area contributed by atoms with Crippen LogP contribution in [-0.4, -0.2) is 31.0 Å². The van der Waals surface area contributed by atoms with Gasteiger partial charge < -0.3 is 9.64 Å². The molecule has 1 amide bonds. The Morgan fingerprint density at radius 1 is 1.21 bits per heavy atom. The lowest BCUT2D eigenvalue weighted by atomic mass is 9.86. The van der Waals surface area contributed by atoms with E-state index in [9.17, 15) is 4.79 Å². The van der Waals surface area contributed by atoms with Gasteiger partial charge in [0.2, 0.25) is 0 Å². The summed E-state index contributed by atoms with van der Waals surface area (Å²) in [6.45, 7) is 8.18. The molecule has 1 aromatic rings. The minimum Gasteiger partial charge on any atom is -0.496 e. The smallest absolute Gasteiger partial charge is 0.257 e. The minimum absolute atomic E-state index is 0.0340. The van der Waals surface area contributed by atoms with Gasteiger partial charge in [-0.25, -0.2) is 0 Å². The van der Waals surface area contributed by atoms with E-state index >= 15 is 0 Å². The van der Waals surface area contributed by atoms with Crippen molar-refractivity contribution in [2.24, 2.45) is 0 Å². The number of hydrogen-bond acceptors (Lipinski definition) is 2. The van der Waals surface area contributed by atoms with Crippen LogP contribution in [0.1, 0.15) is 49.5 Å². The molecule has 2 rings (SSSR count). The molecule has 3 nitrogen and oxygen atoms in total. The van der Waals surface area contributed by atoms with Crippen molar-refractivity contribution in [2.75, 3.05) is 20.2 Å². The number of amides is 1. The number of likely N-dealkylation sites (tertiary alicyclic amines) is 1. The topological polar surface area (TPSA) is 29.5 Å². The molecular weight excluding hydrogens is 238 g/mol. The van der Waals surface area contributed by atoms with Crippen LogP contribution in [0.15, 0.2) is 18.2 Å². The molecule has 19 heavy (non-hydrogen) atoms. The maximum atomic E-state index is 12.6. The van der Waals surface area contributed by atoms with Gasteiger partial charge in [-0.05, 0) is 36.0 Å². The van der Waals surface area contributed by atoms with Gasteiger partial charge in [-0.15, -0.1) is 0 Å². The molecule has 0 bridgehead atoms. The first-order valence-corrected chi connectivity index (χ1v) is 6.91. The van der Waals surface area contributed by atoms with Crippen molar-refractivity contribution in [1.82, 2.24) is 4.90 Å². The van der Waals surface area contributed by atoms with Gasteiger partial charge in [-0.3, -0.25) is 4.79 Å². The van der Waals surface area contributed by atoms with Crippen LogP contribution in [0.5, 0.6) is 5.75 Å². The van der Waals surface area contributed by atoms with Crippen LogP contribution in [0.25, 0.3) is 0 Å². The first kappa shape index (κ1) is 13.9. The highest BCUT2D eigenvalue weighted by atomic mass is 16.5. The fourth-order valence-electron chi connectivity index (χ4n) is 2.43. The molecule has 1 fully saturated rings. The summed E-state index contributed by atoms with van der Waals surface area (Å²) >= 11 is 0. The third kappa shape index (κ3) is 2.91. The molecule has 1 aromatic carbocycles. The predicted octanol–water partition coefficient (Wildman–Crippen LogP) is 3.23. The van der Waals surface area contributed by atoms with Crippen LogP contribution < -0.4 is 4.74 Å². The maximum absolute atomic E-state index is 12.6. The molecule has 1 aliphatic heterocycles. The van der Waals surface area contributed by atoms with E-state index in [0.717, 1.165) is 31.5 Å². The Morgan fingerprint density at radius 3 is 2.37 bits per heavy atom. The molecule has 1 heterocycles. The molecule has 0 aromatic heterocycles. The van der Waals surface area contributed by atoms with Crippen molar-refractivity contribution >= 4 is 5.91 Å². The Hall–Kier alpha value is -1.51. The molecule has 0 unspecified atom stereocenters. The lowest BCUT2D eigenvalue weighted by Gasteiger charge is -2.22. The third-order valence-corrected chi connectivity index (χ3v) is 3.69. The highest BCUT2D eigenvalue weighted by molar-refractivity contribution is 5.97. The molecule has 0 spiro atoms. The second-order valence-corrected chi connectivity index (χ2v) is 6.16. The Labute approximate surface area is 115 Å². The number of carbonyl (C=O) groups is 1. The predicted molar refractivity (Wildman–Crippen MR) is 76.8 cm³/mol. The summed E-state index contributed by atoms with van der Waals surface area (Å²) in [5.41, 5.74) is 1.89. The van der Waals surface area contributed by atoms with Gasteiger partial charge >= 0.3 is 0 Å². The molecule has 0 radical (unpaired) electrons. The van der Waals surface area contributed by atoms with Crippen molar-refractivity contribution < 1.29 is 9.53 Å². The van der Waals surface area contributed by atoms with E-state index < -0.39 is 0 Å². The summed E-state index contributed by atoms with van der Waals surface area (Å²) in [5, 5.41) is 0. The van der Waals surface area contributed by atoms with E-state index in [2.05, 4.69) is 20.8 Å². The van der Waals surface area contributed by atoms with Gasteiger partial charge in [0.1, 0.15) is 5.75 Å². The number of ether oxygens (including phenoxy) is 1. The standard InChI is InChI=1S/C16H23NO2/c1-16(2,3)12-7-8-14(19-4)13(11-12)15(18)17-9-5-6-10-17/h7-8,11H,5-6,9-10H2,1-4H3. The molecule has 0 atom stereocenters. The summed E-state index contributed by atoms with van der Waals surface area (Å²) in [4.78, 5) is 14.5. The van der Waals surface area contributed by atoms with Crippen molar-refractivity contribution in [1.29, 1.82) is 0 Å². The monoisotopic (exact) mass is 261 g/mol. The normalized spacial score (nSPS) is 15.7. The van der Waals surface area contributed by atoms with Crippen LogP contribution >= 0.6 is 0 Å². The van der Waals surface area contributed by atoms with E-state index in [1.165, 1.54) is 0 Å². The highest BCUT2D eigenvalue weighted by Gasteiger charge is 2.24. The maximum Gasteiger partial charge on any atom is 0.257 e. The molecule has 0 aliphatic carbocycles. The summed E-state index contributed by atoms with van der Waals surface area (Å²) in [7, 11) is 1.62. The van der Waals surface area contributed by atoms with Crippen LogP contribution in [0, 0.1) is 0 Å². The average molecular weight is 261 g/mol. The zero-order chi connectivity index (χ0) is 14.0. The third-order valence-electron chi connectivity index (χ3n) is 3.69. The second kappa shape index (κ2) is 5.24. The molecule has 104 valence electrons. The number of hydrogen-bond donors (Lipinski definition) is 0. The van der Waals surface area contributed by atoms with Gasteiger partial charge in [0.15, 0.2) is 0 Å². The van der Waals surface area contributed by atoms with Gasteiger partial charge in [-0.1, -0.05) is 26.8 Å². The fraction of sp³-hybridized carbons (Fsp3) is 0.562. The van der Waals surface area contributed by atoms with E-state index in [1.54, 1.807) is 7.11 Å². The van der Waals surface area contributed by atoms with Crippen molar-refractivity contribution in [2.45, 2.75) is 39.0 Å². The first-order valence-electron chi connectivity index (χ1n) is 6.91. The van der Waals surface area contributed by atoms with Crippen molar-refractivity contribution in [3.05, 3.63) is 29.3 Å². The number of methoxy groups -OCH3 is 1. The molecule has 1 saturated heterocycles. The number of rotatable bonds is 2. The largest absolute Gasteiger partial charge is 0.496 e. The second-order valence-electron chi connectivity index (χ2n) is 6.16. The SMILES string of the molecule is COc1ccc(C(C)(C)C)cc1C(=O)N1CCCC1. The van der Waals surface area contributed by atoms with E-state index in [1.807, 2.05) is 23.1 Å². The van der Waals surface area contributed by atoms with Gasteiger partial charge in [0.25, 0.3) is 5.91 Å². The summed E-state index contributed by atoms with van der Waals surface area (Å²) in [6, 6.07) is 5.93. The summed E-state index contributed by atoms with van der Waals surface area (Å²) in [5.74, 6) is 0.769. The first-order chi connectivity index (χ1) is 8.93. The number of benzene rings is 1. The Bertz CT molecular complexity index is 468. The molecule has 0 N–H and O–H groups in total. The van der Waals surface area contributed by atoms with E-state index in [0.29, 0.717) is 11.3 Å². The lowest BCUT2D eigenvalue weighted by molar-refractivity contribution is 0.0789. The average Bonchev–Trinajstić information content (AvgIpc) is 2.90. The zero-order valence-corrected chi connectivity index (χ0v) is 12.3. The van der Waals surface area contributed by atoms with E-state index in [4.69, 9.17) is 4.74 Å². The Morgan fingerprint density at radius 2 is 1.84 bits per heavy atom. The minimum atomic E-state index is 0.0340. The number of nitrogens with zero attached hydrogens (tertiary/aromatic N) is 1. The molecular formula is C16H23NO2. The molecule has 0 saturated carbocycles. The number of carbonyl (C=O) groups excluding carboxylic acids is 1. The Kier molecular flexibility index (Phi) is 3.83. The van der Waals surface area contributed by atoms with Crippen LogP contribution in [0.4, 0.5) is 0 Å². The van der Waals surface area contributed by atoms with Crippen LogP contribution in [-0.2, 0) is 5.41 Å². The van der Waals surface area contributed by atoms with E-state index in [-0.39, 0.29) is 11.3 Å². The van der Waals surface area contributed by atoms with Crippen LogP contribution in [0.2, 0.25) is 0 Å². The molecule has 1 aliphatic rings. The lowest BCUT2D eigenvalue weighted by Crippen LogP contribution is -2.28. The quantitative estimate of drug-likeness (QED) is 0.818. The molecule has 3 heteroatoms. The zero-order valence-electron chi connectivity index (χ0n) is 12.3. The van der Waals surface area contributed by atoms with Gasteiger partial charge in [-0.2, -0.15) is 0 Å².